The number of nitrogens with one attached hydrogen (secondary N) is 1. The van der Waals surface area contributed by atoms with Gasteiger partial charge >= 0.3 is 5.97 Å². The van der Waals surface area contributed by atoms with Crippen LogP contribution in [0.15, 0.2) is 70.7 Å². The molecule has 138 valence electrons. The fourth-order valence-electron chi connectivity index (χ4n) is 2.24. The molecule has 0 unspecified atom stereocenters. The summed E-state index contributed by atoms with van der Waals surface area (Å²) >= 11 is 3.36. The minimum Gasteiger partial charge on any atom is -0.478 e. The Labute approximate surface area is 165 Å². The molecule has 2 rings (SSSR count). The molecule has 0 spiro atoms. The van der Waals surface area contributed by atoms with Crippen LogP contribution >= 0.6 is 15.9 Å². The van der Waals surface area contributed by atoms with E-state index in [1.807, 2.05) is 24.3 Å². The molecule has 5 nitrogen and oxygen atoms in total. The van der Waals surface area contributed by atoms with Crippen molar-refractivity contribution in [3.05, 3.63) is 81.9 Å². The van der Waals surface area contributed by atoms with Crippen molar-refractivity contribution in [2.45, 2.75) is 13.3 Å². The standard InChI is InChI=1S/C21H18BrNO4/c1-2-15(21(26)27)13-20(25)23-18-10-6-16(7-11-18)19(24)12-5-14-3-8-17(22)9-4-14/h2-12H,13H2,1H3,(H,23,25)(H,26,27). The van der Waals surface area contributed by atoms with Crippen molar-refractivity contribution in [3.63, 3.8) is 0 Å². The molecule has 0 radical (unpaired) electrons. The minimum absolute atomic E-state index is 0.0253. The first-order valence-corrected chi connectivity index (χ1v) is 8.94. The number of carboxylic acid groups (broad SMARTS) is 1. The Hall–Kier alpha value is -2.99. The summed E-state index contributed by atoms with van der Waals surface area (Å²) in [6.07, 6.45) is 4.39. The SMILES string of the molecule is CC=C(CC(=O)Nc1ccc(C(=O)C=Cc2ccc(Br)cc2)cc1)C(=O)O. The van der Waals surface area contributed by atoms with Crippen molar-refractivity contribution in [2.24, 2.45) is 0 Å². The van der Waals surface area contributed by atoms with E-state index >= 15 is 0 Å². The van der Waals surface area contributed by atoms with Gasteiger partial charge in [0, 0.05) is 21.3 Å². The third-order valence-electron chi connectivity index (χ3n) is 3.72. The van der Waals surface area contributed by atoms with Gasteiger partial charge in [-0.1, -0.05) is 40.2 Å². The van der Waals surface area contributed by atoms with Gasteiger partial charge in [-0.2, -0.15) is 0 Å². The lowest BCUT2D eigenvalue weighted by molar-refractivity contribution is -0.133. The van der Waals surface area contributed by atoms with Gasteiger partial charge in [-0.15, -0.1) is 0 Å². The molecule has 0 aliphatic heterocycles. The van der Waals surface area contributed by atoms with Crippen molar-refractivity contribution in [3.8, 4) is 0 Å². The maximum absolute atomic E-state index is 12.2. The fraction of sp³-hybridized carbons (Fsp3) is 0.0952. The maximum atomic E-state index is 12.2. The molecule has 27 heavy (non-hydrogen) atoms. The van der Waals surface area contributed by atoms with Gasteiger partial charge in [0.05, 0.1) is 6.42 Å². The molecule has 0 saturated heterocycles. The summed E-state index contributed by atoms with van der Waals surface area (Å²) in [6.45, 7) is 1.57. The van der Waals surface area contributed by atoms with Gasteiger partial charge in [-0.25, -0.2) is 4.79 Å². The van der Waals surface area contributed by atoms with E-state index in [0.29, 0.717) is 11.3 Å². The van der Waals surface area contributed by atoms with E-state index in [1.165, 1.54) is 12.2 Å². The summed E-state index contributed by atoms with van der Waals surface area (Å²) < 4.78 is 0.966. The van der Waals surface area contributed by atoms with Crippen molar-refractivity contribution in [1.82, 2.24) is 0 Å². The molecule has 0 aromatic heterocycles. The number of rotatable bonds is 7. The Morgan fingerprint density at radius 3 is 2.22 bits per heavy atom. The fourth-order valence-corrected chi connectivity index (χ4v) is 2.50. The molecule has 1 amide bonds. The topological polar surface area (TPSA) is 83.5 Å². The lowest BCUT2D eigenvalue weighted by Gasteiger charge is -2.06. The third kappa shape index (κ3) is 6.34. The lowest BCUT2D eigenvalue weighted by atomic mass is 10.1. The highest BCUT2D eigenvalue weighted by atomic mass is 79.9. The molecule has 2 aromatic rings. The predicted molar refractivity (Wildman–Crippen MR) is 109 cm³/mol. The van der Waals surface area contributed by atoms with Crippen LogP contribution in [-0.2, 0) is 9.59 Å². The summed E-state index contributed by atoms with van der Waals surface area (Å²) in [5.74, 6) is -1.70. The maximum Gasteiger partial charge on any atom is 0.331 e. The molecular formula is C21H18BrNO4. The summed E-state index contributed by atoms with van der Waals surface area (Å²) in [5.41, 5.74) is 1.92. The highest BCUT2D eigenvalue weighted by Gasteiger charge is 2.12. The molecular weight excluding hydrogens is 410 g/mol. The number of allylic oxidation sites excluding steroid dienone is 2. The number of ketones is 1. The Balaban J connectivity index is 1.97. The number of carbonyl (C=O) groups is 3. The molecule has 0 saturated carbocycles. The number of benzene rings is 2. The zero-order valence-electron chi connectivity index (χ0n) is 14.6. The Kier molecular flexibility index (Phi) is 7.25. The predicted octanol–water partition coefficient (Wildman–Crippen LogP) is 4.70. The van der Waals surface area contributed by atoms with Crippen LogP contribution in [0, 0.1) is 0 Å². The van der Waals surface area contributed by atoms with E-state index in [-0.39, 0.29) is 17.8 Å². The van der Waals surface area contributed by atoms with Gasteiger partial charge in [0.2, 0.25) is 5.91 Å². The highest BCUT2D eigenvalue weighted by Crippen LogP contribution is 2.14. The molecule has 2 N–H and O–H groups in total. The molecule has 0 heterocycles. The lowest BCUT2D eigenvalue weighted by Crippen LogP contribution is -2.15. The highest BCUT2D eigenvalue weighted by molar-refractivity contribution is 9.10. The smallest absolute Gasteiger partial charge is 0.331 e. The van der Waals surface area contributed by atoms with Crippen LogP contribution in [0.2, 0.25) is 0 Å². The van der Waals surface area contributed by atoms with E-state index in [0.717, 1.165) is 10.0 Å². The third-order valence-corrected chi connectivity index (χ3v) is 4.25. The number of halogens is 1. The number of hydrogen-bond acceptors (Lipinski definition) is 3. The van der Waals surface area contributed by atoms with E-state index in [2.05, 4.69) is 21.2 Å². The summed E-state index contributed by atoms with van der Waals surface area (Å²) in [5, 5.41) is 11.6. The Morgan fingerprint density at radius 2 is 1.67 bits per heavy atom. The first-order chi connectivity index (χ1) is 12.9. The van der Waals surface area contributed by atoms with Crippen molar-refractivity contribution < 1.29 is 19.5 Å². The van der Waals surface area contributed by atoms with Crippen molar-refractivity contribution >= 4 is 45.4 Å². The molecule has 0 fully saturated rings. The largest absolute Gasteiger partial charge is 0.478 e. The molecule has 6 heteroatoms. The Bertz CT molecular complexity index is 897. The number of amides is 1. The number of aliphatic carboxylic acids is 1. The number of carbonyl (C=O) groups excluding carboxylic acids is 2. The van der Waals surface area contributed by atoms with Crippen LogP contribution in [0.5, 0.6) is 0 Å². The molecule has 0 aliphatic rings. The first kappa shape index (κ1) is 20.3. The van der Waals surface area contributed by atoms with Gasteiger partial charge in [0.25, 0.3) is 0 Å². The van der Waals surface area contributed by atoms with Gasteiger partial charge in [-0.3, -0.25) is 9.59 Å². The van der Waals surface area contributed by atoms with Gasteiger partial charge < -0.3 is 10.4 Å². The first-order valence-electron chi connectivity index (χ1n) is 8.15. The molecule has 0 bridgehead atoms. The second-order valence-electron chi connectivity index (χ2n) is 5.67. The number of hydrogen-bond donors (Lipinski definition) is 2. The second-order valence-corrected chi connectivity index (χ2v) is 6.59. The average molecular weight is 428 g/mol. The van der Waals surface area contributed by atoms with Crippen LogP contribution < -0.4 is 5.32 Å². The van der Waals surface area contributed by atoms with E-state index < -0.39 is 11.9 Å². The second kappa shape index (κ2) is 9.64. The Morgan fingerprint density at radius 1 is 1.04 bits per heavy atom. The average Bonchev–Trinajstić information content (AvgIpc) is 2.65. The van der Waals surface area contributed by atoms with Gasteiger partial charge in [0.15, 0.2) is 5.78 Å². The van der Waals surface area contributed by atoms with Crippen LogP contribution in [0.4, 0.5) is 5.69 Å². The monoisotopic (exact) mass is 427 g/mol. The van der Waals surface area contributed by atoms with E-state index in [9.17, 15) is 14.4 Å². The van der Waals surface area contributed by atoms with Crippen molar-refractivity contribution in [1.29, 1.82) is 0 Å². The zero-order chi connectivity index (χ0) is 19.8. The summed E-state index contributed by atoms with van der Waals surface area (Å²) in [7, 11) is 0. The number of carboxylic acids is 1. The quantitative estimate of drug-likeness (QED) is 0.495. The minimum atomic E-state index is -1.12. The summed E-state index contributed by atoms with van der Waals surface area (Å²) in [6, 6.07) is 14.0. The van der Waals surface area contributed by atoms with E-state index in [1.54, 1.807) is 37.3 Å². The number of anilines is 1. The van der Waals surface area contributed by atoms with Crippen LogP contribution in [-0.4, -0.2) is 22.8 Å². The van der Waals surface area contributed by atoms with Gasteiger partial charge in [0.1, 0.15) is 0 Å². The van der Waals surface area contributed by atoms with Gasteiger partial charge in [-0.05, 0) is 55.0 Å². The molecule has 0 aliphatic carbocycles. The normalized spacial score (nSPS) is 11.4. The zero-order valence-corrected chi connectivity index (χ0v) is 16.2. The molecule has 0 atom stereocenters. The van der Waals surface area contributed by atoms with Crippen molar-refractivity contribution in [2.75, 3.05) is 5.32 Å². The van der Waals surface area contributed by atoms with Crippen LogP contribution in [0.1, 0.15) is 29.3 Å². The molecule has 2 aromatic carbocycles. The van der Waals surface area contributed by atoms with Crippen LogP contribution in [0.25, 0.3) is 6.08 Å². The van der Waals surface area contributed by atoms with E-state index in [4.69, 9.17) is 5.11 Å². The van der Waals surface area contributed by atoms with Crippen LogP contribution in [0.3, 0.4) is 0 Å². The summed E-state index contributed by atoms with van der Waals surface area (Å²) in [4.78, 5) is 35.0.